The second-order valence-electron chi connectivity index (χ2n) is 22.9. The first kappa shape index (κ1) is 66.3. The number of ether oxygens (including phenoxy) is 12. The summed E-state index contributed by atoms with van der Waals surface area (Å²) in [7, 11) is 5.99. The maximum atomic E-state index is 14.1. The van der Waals surface area contributed by atoms with Gasteiger partial charge in [-0.2, -0.15) is 0 Å². The molecule has 0 amide bonds. The number of carbonyl (C=O) groups excluding carboxylic acids is 1. The average molecular weight is 1110 g/mol. The zero-order valence-corrected chi connectivity index (χ0v) is 48.8. The highest BCUT2D eigenvalue weighted by Crippen LogP contribution is 2.43. The molecule has 24 atom stereocenters. The van der Waals surface area contributed by atoms with Crippen LogP contribution in [-0.2, 0) is 61.6 Å². The molecule has 7 N–H and O–H groups in total. The summed E-state index contributed by atoms with van der Waals surface area (Å²) >= 11 is 0. The number of hydrogen-bond acceptors (Lipinski definition) is 20. The van der Waals surface area contributed by atoms with E-state index in [9.17, 15) is 40.5 Å². The predicted octanol–water partition coefficient (Wildman–Crippen LogP) is 4.62. The number of esters is 1. The molecule has 4 saturated heterocycles. The second-order valence-corrected chi connectivity index (χ2v) is 22.9. The van der Waals surface area contributed by atoms with Gasteiger partial charge in [0.25, 0.3) is 0 Å². The van der Waals surface area contributed by atoms with Crippen LogP contribution in [0.15, 0.2) is 58.7 Å². The summed E-state index contributed by atoms with van der Waals surface area (Å²) in [6, 6.07) is 0. The Bertz CT molecular complexity index is 2040. The van der Waals surface area contributed by atoms with E-state index in [2.05, 4.69) is 6.08 Å². The smallest absolute Gasteiger partial charge is 0.334 e. The summed E-state index contributed by atoms with van der Waals surface area (Å²) in [5.74, 6) is -5.11. The average Bonchev–Trinajstić information content (AvgIpc) is 3.41. The molecule has 0 aromatic carbocycles. The van der Waals surface area contributed by atoms with Crippen molar-refractivity contribution in [2.24, 2.45) is 17.8 Å². The van der Waals surface area contributed by atoms with Gasteiger partial charge in [0.15, 0.2) is 18.9 Å². The topological polar surface area (TPSA) is 269 Å². The van der Waals surface area contributed by atoms with Crippen LogP contribution in [0.3, 0.4) is 0 Å². The molecule has 0 spiro atoms. The maximum Gasteiger partial charge on any atom is 0.334 e. The molecule has 0 aromatic rings. The zero-order valence-electron chi connectivity index (χ0n) is 48.8. The van der Waals surface area contributed by atoms with Crippen LogP contribution in [0.2, 0.25) is 0 Å². The number of allylic oxidation sites excluding steroid dienone is 7. The lowest BCUT2D eigenvalue weighted by Gasteiger charge is -2.51. The molecule has 20 nitrogen and oxygen atoms in total. The number of aliphatic hydroxyl groups is 7. The summed E-state index contributed by atoms with van der Waals surface area (Å²) in [4.78, 5) is 14.1. The minimum absolute atomic E-state index is 0.00843. The van der Waals surface area contributed by atoms with Gasteiger partial charge in [-0.1, -0.05) is 67.9 Å². The van der Waals surface area contributed by atoms with Crippen molar-refractivity contribution in [3.8, 4) is 0 Å². The van der Waals surface area contributed by atoms with Gasteiger partial charge < -0.3 is 92.6 Å². The highest BCUT2D eigenvalue weighted by atomic mass is 16.7. The monoisotopic (exact) mass is 1110 g/mol. The van der Waals surface area contributed by atoms with Gasteiger partial charge in [0.1, 0.15) is 42.7 Å². The van der Waals surface area contributed by atoms with Gasteiger partial charge in [-0.25, -0.2) is 4.79 Å². The third kappa shape index (κ3) is 17.0. The van der Waals surface area contributed by atoms with Crippen LogP contribution in [0.25, 0.3) is 0 Å². The van der Waals surface area contributed by atoms with Crippen molar-refractivity contribution in [1.82, 2.24) is 0 Å². The summed E-state index contributed by atoms with van der Waals surface area (Å²) in [5.41, 5.74) is 1.25. The van der Waals surface area contributed by atoms with Crippen molar-refractivity contribution in [3.63, 3.8) is 0 Å². The Labute approximate surface area is 462 Å². The van der Waals surface area contributed by atoms with Crippen LogP contribution < -0.4 is 0 Å². The van der Waals surface area contributed by atoms with Gasteiger partial charge >= 0.3 is 5.97 Å². The predicted molar refractivity (Wildman–Crippen MR) is 286 cm³/mol. The minimum Gasteiger partial charge on any atom is -0.456 e. The molecule has 4 fully saturated rings. The second kappa shape index (κ2) is 29.6. The van der Waals surface area contributed by atoms with Crippen molar-refractivity contribution >= 4 is 5.97 Å². The molecule has 0 bridgehead atoms. The number of aliphatic hydroxyl groups excluding tert-OH is 5. The molecular weight excluding hydrogens is 1020 g/mol. The SMILES string of the molecule is COC[C@@H](C[C@H]1O[C@@](O)([C@H](O)[C@@H]2C[C@H](OC)CCCC=C(C)C=C[C@@H](O[C@@H]3O[C@@H](C)[C@H](OC)[C@@H](O)[C@@H]3O)[C@H](C)C=C(C)C=C(C)C=C(C)C(=O)O2)[C@H](C)[C@@H](O)[C@H]1C)O[C@H]1C[C@](C)(O)[C@@H](O[C@H]2C[C@@H](OC)[C@H](O)[C@@H](C)O2)[C@H](C)O1. The summed E-state index contributed by atoms with van der Waals surface area (Å²) in [5, 5.41) is 81.0. The van der Waals surface area contributed by atoms with Crippen molar-refractivity contribution in [1.29, 1.82) is 0 Å². The van der Waals surface area contributed by atoms with E-state index < -0.39 is 146 Å². The van der Waals surface area contributed by atoms with E-state index in [1.165, 1.54) is 28.4 Å². The van der Waals surface area contributed by atoms with Crippen LogP contribution in [0.1, 0.15) is 121 Å². The van der Waals surface area contributed by atoms with E-state index in [4.69, 9.17) is 56.8 Å². The molecule has 448 valence electrons. The Hall–Kier alpha value is -2.55. The van der Waals surface area contributed by atoms with Crippen LogP contribution in [0.4, 0.5) is 0 Å². The highest BCUT2D eigenvalue weighted by Gasteiger charge is 2.57. The minimum atomic E-state index is -2.45. The summed E-state index contributed by atoms with van der Waals surface area (Å²) in [6.07, 6.45) is -3.94. The molecule has 0 unspecified atom stereocenters. The lowest BCUT2D eigenvalue weighted by molar-refractivity contribution is -0.366. The molecule has 0 aliphatic carbocycles. The fourth-order valence-electron chi connectivity index (χ4n) is 11.6. The molecule has 5 rings (SSSR count). The number of methoxy groups -OCH3 is 4. The van der Waals surface area contributed by atoms with Crippen LogP contribution in [0.5, 0.6) is 0 Å². The molecule has 5 heterocycles. The largest absolute Gasteiger partial charge is 0.456 e. The number of rotatable bonds is 15. The zero-order chi connectivity index (χ0) is 58.0. The van der Waals surface area contributed by atoms with Crippen LogP contribution in [-0.4, -0.2) is 205 Å². The highest BCUT2D eigenvalue weighted by molar-refractivity contribution is 5.88. The van der Waals surface area contributed by atoms with E-state index in [1.807, 2.05) is 52.0 Å². The first-order valence-corrected chi connectivity index (χ1v) is 27.8. The Morgan fingerprint density at radius 1 is 0.769 bits per heavy atom. The molecule has 0 saturated carbocycles. The van der Waals surface area contributed by atoms with Gasteiger partial charge in [0, 0.05) is 77.4 Å². The van der Waals surface area contributed by atoms with Crippen molar-refractivity contribution in [2.45, 2.75) is 249 Å². The lowest BCUT2D eigenvalue weighted by Crippen LogP contribution is -2.65. The van der Waals surface area contributed by atoms with E-state index in [1.54, 1.807) is 54.5 Å². The van der Waals surface area contributed by atoms with E-state index in [0.29, 0.717) is 24.8 Å². The number of cyclic esters (lactones) is 1. The van der Waals surface area contributed by atoms with Crippen LogP contribution >= 0.6 is 0 Å². The molecule has 78 heavy (non-hydrogen) atoms. The Kier molecular flexibility index (Phi) is 25.2. The third-order valence-corrected chi connectivity index (χ3v) is 16.3. The Morgan fingerprint density at radius 3 is 2.10 bits per heavy atom. The van der Waals surface area contributed by atoms with Crippen molar-refractivity contribution < 1.29 is 97.4 Å². The Morgan fingerprint density at radius 2 is 1.46 bits per heavy atom. The van der Waals surface area contributed by atoms with Gasteiger partial charge in [0.05, 0.1) is 67.1 Å². The number of carbonyl (C=O) groups is 1. The molecule has 20 heteroatoms. The Balaban J connectivity index is 1.35. The molecule has 5 aliphatic heterocycles. The van der Waals surface area contributed by atoms with Gasteiger partial charge in [0.2, 0.25) is 5.79 Å². The fourth-order valence-corrected chi connectivity index (χ4v) is 11.6. The molecule has 5 aliphatic rings. The van der Waals surface area contributed by atoms with E-state index in [0.717, 1.165) is 11.1 Å². The van der Waals surface area contributed by atoms with E-state index >= 15 is 0 Å². The lowest BCUT2D eigenvalue weighted by atomic mass is 9.76. The van der Waals surface area contributed by atoms with Crippen molar-refractivity contribution in [2.75, 3.05) is 35.0 Å². The first-order valence-electron chi connectivity index (χ1n) is 27.8. The standard InChI is InChI=1S/C58H96O20/c1-30-18-16-17-19-40(68-13)25-45(75-55(64)34(5)24-32(3)22-31(2)23-33(4)42(21-20-30)76-56-51(62)50(61)52(70-15)38(9)73-56)53(63)58(66)36(7)48(59)35(6)43(78-58)26-41(29-67-12)74-47-28-57(11,65)54(39(10)72-47)77-46-27-44(69-14)49(60)37(8)71-46/h18,20-24,33,35-54,56,59-63,65-66H,16-17,19,25-29H2,1-15H3/t33-,35+,36-,37-,38+,39+,40-,41-,42-,43-,44-,45+,46+,47+,48+,49-,50+,51+,52+,53-,54+,56+,57+,58-/m1/s1. The van der Waals surface area contributed by atoms with Gasteiger partial charge in [-0.05, 0) is 80.7 Å². The van der Waals surface area contributed by atoms with E-state index in [-0.39, 0.29) is 43.8 Å². The van der Waals surface area contributed by atoms with Gasteiger partial charge in [-0.15, -0.1) is 0 Å². The summed E-state index contributed by atoms with van der Waals surface area (Å²) < 4.78 is 72.4. The molecular formula is C58H96O20. The third-order valence-electron chi connectivity index (χ3n) is 16.3. The fraction of sp³-hybridized carbons (Fsp3) is 0.810. The van der Waals surface area contributed by atoms with Crippen molar-refractivity contribution in [3.05, 3.63) is 58.7 Å². The first-order chi connectivity index (χ1) is 36.7. The number of hydrogen-bond donors (Lipinski definition) is 7. The molecule has 0 radical (unpaired) electrons. The maximum absolute atomic E-state index is 14.1. The quantitative estimate of drug-likeness (QED) is 0.110. The summed E-state index contributed by atoms with van der Waals surface area (Å²) in [6.45, 7) is 19.5. The normalized spacial score (nSPS) is 43.1. The van der Waals surface area contributed by atoms with Gasteiger partial charge in [-0.3, -0.25) is 0 Å². The van der Waals surface area contributed by atoms with Crippen LogP contribution in [0, 0.1) is 17.8 Å². The molecule has 0 aromatic heterocycles.